The van der Waals surface area contributed by atoms with Gasteiger partial charge in [-0.05, 0) is 49.7 Å². The highest BCUT2D eigenvalue weighted by Gasteiger charge is 2.74. The molecule has 0 bridgehead atoms. The summed E-state index contributed by atoms with van der Waals surface area (Å²) >= 11 is 0. The predicted octanol–water partition coefficient (Wildman–Crippen LogP) is 2.56. The number of allylic oxidation sites excluding steroid dienone is 4. The molecule has 32 heavy (non-hydrogen) atoms. The zero-order valence-electron chi connectivity index (χ0n) is 19.1. The van der Waals surface area contributed by atoms with Crippen molar-refractivity contribution in [3.8, 4) is 0 Å². The van der Waals surface area contributed by atoms with Crippen LogP contribution in [0, 0.1) is 28.6 Å². The van der Waals surface area contributed by atoms with Crippen LogP contribution in [0.25, 0.3) is 0 Å². The normalized spacial score (nSPS) is 46.2. The van der Waals surface area contributed by atoms with Crippen molar-refractivity contribution in [3.63, 3.8) is 0 Å². The van der Waals surface area contributed by atoms with E-state index >= 15 is 0 Å². The summed E-state index contributed by atoms with van der Waals surface area (Å²) in [6.45, 7) is 6.88. The SMILES string of the molecule is CC(=O)OCC(=O)C12N=C(C)O[C@@H]1C[C@H]1[C@@H]3CCC4=CC(=O)C=C[C@]4(C)[C@H]3[C@@H](O)C[C@@]12C. The fourth-order valence-electron chi connectivity index (χ4n) is 7.97. The lowest BCUT2D eigenvalue weighted by Crippen LogP contribution is -2.62. The van der Waals surface area contributed by atoms with Crippen LogP contribution in [0.4, 0.5) is 0 Å². The van der Waals surface area contributed by atoms with Gasteiger partial charge in [-0.25, -0.2) is 4.99 Å². The second-order valence-corrected chi connectivity index (χ2v) is 10.7. The van der Waals surface area contributed by atoms with Gasteiger partial charge in [0.1, 0.15) is 6.10 Å². The van der Waals surface area contributed by atoms with E-state index in [0.717, 1.165) is 18.4 Å². The molecule has 8 atom stereocenters. The molecule has 4 aliphatic carbocycles. The lowest BCUT2D eigenvalue weighted by Gasteiger charge is -2.59. The minimum atomic E-state index is -1.15. The van der Waals surface area contributed by atoms with Crippen LogP contribution in [0.5, 0.6) is 0 Å². The highest BCUT2D eigenvalue weighted by atomic mass is 16.5. The van der Waals surface area contributed by atoms with Crippen LogP contribution in [0.2, 0.25) is 0 Å². The molecular formula is C25H31NO6. The van der Waals surface area contributed by atoms with Crippen LogP contribution in [0.1, 0.15) is 53.4 Å². The third-order valence-corrected chi connectivity index (χ3v) is 9.17. The first-order chi connectivity index (χ1) is 15.0. The number of hydrogen-bond acceptors (Lipinski definition) is 7. The summed E-state index contributed by atoms with van der Waals surface area (Å²) in [7, 11) is 0. The van der Waals surface area contributed by atoms with Crippen molar-refractivity contribution in [2.24, 2.45) is 33.6 Å². The van der Waals surface area contributed by atoms with Crippen molar-refractivity contribution in [1.29, 1.82) is 0 Å². The Labute approximate surface area is 187 Å². The summed E-state index contributed by atoms with van der Waals surface area (Å²) in [4.78, 5) is 41.7. The summed E-state index contributed by atoms with van der Waals surface area (Å²) < 4.78 is 11.2. The molecule has 3 fully saturated rings. The predicted molar refractivity (Wildman–Crippen MR) is 116 cm³/mol. The van der Waals surface area contributed by atoms with Crippen molar-refractivity contribution in [1.82, 2.24) is 0 Å². The van der Waals surface area contributed by atoms with Gasteiger partial charge >= 0.3 is 5.97 Å². The number of hydrogen-bond donors (Lipinski definition) is 1. The Hall–Kier alpha value is -2.28. The first kappa shape index (κ1) is 21.6. The van der Waals surface area contributed by atoms with E-state index in [-0.39, 0.29) is 41.3 Å². The number of ether oxygens (including phenoxy) is 2. The maximum Gasteiger partial charge on any atom is 0.303 e. The molecule has 0 spiro atoms. The third kappa shape index (κ3) is 2.63. The fraction of sp³-hybridized carbons (Fsp3) is 0.680. The summed E-state index contributed by atoms with van der Waals surface area (Å²) in [5.41, 5.74) is -1.04. The molecule has 0 aromatic carbocycles. The number of esters is 1. The summed E-state index contributed by atoms with van der Waals surface area (Å²) in [5, 5.41) is 11.6. The molecule has 0 saturated heterocycles. The monoisotopic (exact) mass is 441 g/mol. The molecule has 5 rings (SSSR count). The first-order valence-corrected chi connectivity index (χ1v) is 11.5. The maximum absolute atomic E-state index is 13.5. The summed E-state index contributed by atoms with van der Waals surface area (Å²) in [6.07, 6.45) is 7.01. The number of rotatable bonds is 3. The highest BCUT2D eigenvalue weighted by molar-refractivity contribution is 6.01. The average molecular weight is 442 g/mol. The van der Waals surface area contributed by atoms with Gasteiger partial charge in [0, 0.05) is 30.6 Å². The standard InChI is InChI=1S/C25H31NO6/c1-13-26-25(20(30)12-31-14(2)27)21(32-13)10-18-17-6-5-15-9-16(28)7-8-23(15,3)22(17)19(29)11-24(18,25)4/h7-9,17-19,21-22,29H,5-6,10-12H2,1-4H3/t17-,18-,19-,21+,22+,23-,24-,25?/m0/s1. The van der Waals surface area contributed by atoms with Crippen LogP contribution in [-0.2, 0) is 23.9 Å². The van der Waals surface area contributed by atoms with Gasteiger partial charge in [-0.2, -0.15) is 0 Å². The smallest absolute Gasteiger partial charge is 0.303 e. The molecule has 0 radical (unpaired) electrons. The minimum Gasteiger partial charge on any atom is -0.475 e. The molecule has 1 heterocycles. The second-order valence-electron chi connectivity index (χ2n) is 10.7. The van der Waals surface area contributed by atoms with Gasteiger partial charge in [-0.1, -0.05) is 25.5 Å². The zero-order valence-corrected chi connectivity index (χ0v) is 19.1. The van der Waals surface area contributed by atoms with Crippen molar-refractivity contribution in [2.45, 2.75) is 71.1 Å². The average Bonchev–Trinajstić information content (AvgIpc) is 3.17. The number of aliphatic hydroxyl groups excluding tert-OH is 1. The fourth-order valence-corrected chi connectivity index (χ4v) is 7.97. The number of ketones is 2. The van der Waals surface area contributed by atoms with Crippen molar-refractivity contribution in [2.75, 3.05) is 6.61 Å². The molecule has 0 aromatic rings. The molecule has 1 N–H and O–H groups in total. The van der Waals surface area contributed by atoms with Crippen molar-refractivity contribution in [3.05, 3.63) is 23.8 Å². The van der Waals surface area contributed by atoms with Crippen molar-refractivity contribution < 1.29 is 29.0 Å². The number of fused-ring (bicyclic) bond motifs is 7. The Morgan fingerprint density at radius 2 is 2.09 bits per heavy atom. The van der Waals surface area contributed by atoms with E-state index in [0.29, 0.717) is 18.7 Å². The Bertz CT molecular complexity index is 996. The van der Waals surface area contributed by atoms with Crippen LogP contribution in [0.15, 0.2) is 28.8 Å². The molecule has 5 aliphatic rings. The molecular weight excluding hydrogens is 410 g/mol. The largest absolute Gasteiger partial charge is 0.475 e. The quantitative estimate of drug-likeness (QED) is 0.676. The Kier molecular flexibility index (Phi) is 4.62. The number of aliphatic hydroxyl groups is 1. The van der Waals surface area contributed by atoms with E-state index < -0.39 is 29.1 Å². The van der Waals surface area contributed by atoms with Crippen LogP contribution in [-0.4, -0.2) is 52.9 Å². The highest BCUT2D eigenvalue weighted by Crippen LogP contribution is 2.69. The van der Waals surface area contributed by atoms with Gasteiger partial charge in [0.15, 0.2) is 23.8 Å². The van der Waals surface area contributed by atoms with Gasteiger partial charge in [0.05, 0.1) is 6.10 Å². The van der Waals surface area contributed by atoms with E-state index in [1.165, 1.54) is 6.92 Å². The number of carbonyl (C=O) groups is 3. The molecule has 0 aromatic heterocycles. The van der Waals surface area contributed by atoms with Crippen LogP contribution >= 0.6 is 0 Å². The number of carbonyl (C=O) groups excluding carboxylic acids is 3. The molecule has 1 aliphatic heterocycles. The Morgan fingerprint density at radius 1 is 1.34 bits per heavy atom. The number of nitrogens with zero attached hydrogens (tertiary/aromatic N) is 1. The summed E-state index contributed by atoms with van der Waals surface area (Å²) in [6, 6.07) is 0. The van der Waals surface area contributed by atoms with Gasteiger partial charge in [0.25, 0.3) is 0 Å². The first-order valence-electron chi connectivity index (χ1n) is 11.5. The molecule has 3 saturated carbocycles. The summed E-state index contributed by atoms with van der Waals surface area (Å²) in [5.74, 6) is -0.0140. The van der Waals surface area contributed by atoms with E-state index in [9.17, 15) is 19.5 Å². The molecule has 7 heteroatoms. The van der Waals surface area contributed by atoms with E-state index in [2.05, 4.69) is 13.8 Å². The van der Waals surface area contributed by atoms with Gasteiger partial charge in [0.2, 0.25) is 5.78 Å². The minimum absolute atomic E-state index is 0.00898. The van der Waals surface area contributed by atoms with Crippen molar-refractivity contribution >= 4 is 23.4 Å². The van der Waals surface area contributed by atoms with Gasteiger partial charge < -0.3 is 14.6 Å². The molecule has 172 valence electrons. The van der Waals surface area contributed by atoms with Gasteiger partial charge in [-0.3, -0.25) is 14.4 Å². The second kappa shape index (κ2) is 6.86. The molecule has 0 amide bonds. The lowest BCUT2D eigenvalue weighted by molar-refractivity contribution is -0.155. The number of Topliss-reactive ketones (excluding diaryl/α,β-unsaturated/α-hetero) is 1. The molecule has 7 nitrogen and oxygen atoms in total. The van der Waals surface area contributed by atoms with Gasteiger partial charge in [-0.15, -0.1) is 0 Å². The van der Waals surface area contributed by atoms with E-state index in [1.807, 2.05) is 6.08 Å². The Balaban J connectivity index is 1.56. The molecule has 1 unspecified atom stereocenters. The zero-order chi connectivity index (χ0) is 23.1. The van der Waals surface area contributed by atoms with Crippen LogP contribution < -0.4 is 0 Å². The topological polar surface area (TPSA) is 102 Å². The van der Waals surface area contributed by atoms with E-state index in [4.69, 9.17) is 14.5 Å². The van der Waals surface area contributed by atoms with E-state index in [1.54, 1.807) is 19.1 Å². The lowest BCUT2D eigenvalue weighted by atomic mass is 9.46. The maximum atomic E-state index is 13.5. The number of aliphatic imine (C=N–C) groups is 1. The van der Waals surface area contributed by atoms with Crippen LogP contribution in [0.3, 0.4) is 0 Å². The third-order valence-electron chi connectivity index (χ3n) is 9.17. The Morgan fingerprint density at radius 3 is 2.81 bits per heavy atom.